The summed E-state index contributed by atoms with van der Waals surface area (Å²) in [5.74, 6) is 0. The fourth-order valence-electron chi connectivity index (χ4n) is 1.65. The summed E-state index contributed by atoms with van der Waals surface area (Å²) in [6, 6.07) is 8.55. The summed E-state index contributed by atoms with van der Waals surface area (Å²) in [7, 11) is 0. The largest absolute Gasteiger partial charge is 0.235 e. The minimum atomic E-state index is 1.03. The first-order chi connectivity index (χ1) is 6.83. The van der Waals surface area contributed by atoms with E-state index in [9.17, 15) is 0 Å². The lowest BCUT2D eigenvalue weighted by Crippen LogP contribution is -2.34. The number of hydrogen-bond acceptors (Lipinski definition) is 1. The average Bonchev–Trinajstić information content (AvgIpc) is 2.51. The van der Waals surface area contributed by atoms with Crippen molar-refractivity contribution in [3.8, 4) is 0 Å². The first-order valence-electron chi connectivity index (χ1n) is 4.82. The first kappa shape index (κ1) is 9.41. The van der Waals surface area contributed by atoms with E-state index in [1.54, 1.807) is 0 Å². The van der Waals surface area contributed by atoms with Gasteiger partial charge in [0.05, 0.1) is 0 Å². The molecule has 2 heteroatoms. The molecule has 2 rings (SSSR count). The Morgan fingerprint density at radius 2 is 2.21 bits per heavy atom. The molecule has 1 aromatic heterocycles. The monoisotopic (exact) mass is 204 g/mol. The highest BCUT2D eigenvalue weighted by Crippen LogP contribution is 2.19. The Morgan fingerprint density at radius 3 is 3.00 bits per heavy atom. The van der Waals surface area contributed by atoms with Crippen LogP contribution in [0.25, 0.3) is 10.2 Å². The zero-order valence-electron chi connectivity index (χ0n) is 8.36. The van der Waals surface area contributed by atoms with E-state index < -0.39 is 0 Å². The molecule has 0 aliphatic heterocycles. The molecule has 1 nitrogen and oxygen atoms in total. The molecule has 0 amide bonds. The number of thiazole rings is 1. The normalized spacial score (nSPS) is 10.6. The average molecular weight is 204 g/mol. The van der Waals surface area contributed by atoms with E-state index in [2.05, 4.69) is 42.3 Å². The Hall–Kier alpha value is -1.15. The second-order valence-corrected chi connectivity index (χ2v) is 4.55. The van der Waals surface area contributed by atoms with Gasteiger partial charge in [-0.25, -0.2) is 0 Å². The minimum Gasteiger partial charge on any atom is -0.186 e. The van der Waals surface area contributed by atoms with Crippen molar-refractivity contribution in [3.63, 3.8) is 0 Å². The fraction of sp³-hybridized carbons (Fsp3) is 0.250. The van der Waals surface area contributed by atoms with Crippen LogP contribution in [0.2, 0.25) is 0 Å². The van der Waals surface area contributed by atoms with E-state index >= 15 is 0 Å². The Balaban J connectivity index is 2.50. The third-order valence-electron chi connectivity index (χ3n) is 2.35. The van der Waals surface area contributed by atoms with Crippen molar-refractivity contribution in [3.05, 3.63) is 41.9 Å². The molecule has 1 aromatic carbocycles. The molecule has 0 unspecified atom stereocenters. The van der Waals surface area contributed by atoms with Gasteiger partial charge in [-0.3, -0.25) is 0 Å². The highest BCUT2D eigenvalue weighted by Gasteiger charge is 2.14. The molecule has 72 valence electrons. The minimum absolute atomic E-state index is 1.03. The molecule has 0 spiro atoms. The smallest absolute Gasteiger partial charge is 0.186 e. The maximum Gasteiger partial charge on any atom is 0.235 e. The Labute approximate surface area is 88.3 Å². The van der Waals surface area contributed by atoms with Gasteiger partial charge in [0.15, 0.2) is 6.54 Å². The van der Waals surface area contributed by atoms with Gasteiger partial charge in [0.25, 0.3) is 0 Å². The quantitative estimate of drug-likeness (QED) is 0.534. The molecule has 0 saturated heterocycles. The van der Waals surface area contributed by atoms with Crippen LogP contribution >= 0.6 is 11.3 Å². The molecule has 0 saturated carbocycles. The van der Waals surface area contributed by atoms with Crippen molar-refractivity contribution in [2.45, 2.75) is 19.9 Å². The lowest BCUT2D eigenvalue weighted by Gasteiger charge is -1.92. The molecule has 1 heterocycles. The number of nitrogens with zero attached hydrogens (tertiary/aromatic N) is 1. The molecule has 2 aromatic rings. The van der Waals surface area contributed by atoms with E-state index in [1.807, 2.05) is 17.4 Å². The summed E-state index contributed by atoms with van der Waals surface area (Å²) in [5.41, 5.74) is 1.34. The number of rotatable bonds is 3. The lowest BCUT2D eigenvalue weighted by atomic mass is 10.3. The van der Waals surface area contributed by atoms with Gasteiger partial charge in [-0.2, -0.15) is 4.57 Å². The predicted octanol–water partition coefficient (Wildman–Crippen LogP) is 3.07. The number of aryl methyl sites for hydroxylation is 2. The molecule has 0 bridgehead atoms. The van der Waals surface area contributed by atoms with Crippen molar-refractivity contribution in [1.29, 1.82) is 0 Å². The molecular weight excluding hydrogens is 190 g/mol. The molecule has 14 heavy (non-hydrogen) atoms. The Kier molecular flexibility index (Phi) is 2.64. The van der Waals surface area contributed by atoms with E-state index in [4.69, 9.17) is 0 Å². The lowest BCUT2D eigenvalue weighted by molar-refractivity contribution is -0.672. The number of benzene rings is 1. The van der Waals surface area contributed by atoms with Crippen LogP contribution in [0.4, 0.5) is 0 Å². The van der Waals surface area contributed by atoms with Crippen LogP contribution in [-0.2, 0) is 6.54 Å². The molecule has 0 aliphatic carbocycles. The molecule has 0 fully saturated rings. The summed E-state index contributed by atoms with van der Waals surface area (Å²) in [5, 5.41) is 1.37. The van der Waals surface area contributed by atoms with Crippen LogP contribution in [0, 0.1) is 6.92 Å². The van der Waals surface area contributed by atoms with Gasteiger partial charge in [-0.05, 0) is 6.07 Å². The third-order valence-corrected chi connectivity index (χ3v) is 3.43. The zero-order chi connectivity index (χ0) is 9.97. The highest BCUT2D eigenvalue weighted by molar-refractivity contribution is 7.18. The van der Waals surface area contributed by atoms with Crippen molar-refractivity contribution < 1.29 is 4.57 Å². The number of hydrogen-bond donors (Lipinski definition) is 0. The topological polar surface area (TPSA) is 3.88 Å². The molecule has 0 aliphatic rings. The van der Waals surface area contributed by atoms with Crippen molar-refractivity contribution in [2.75, 3.05) is 0 Å². The van der Waals surface area contributed by atoms with Crippen molar-refractivity contribution in [1.82, 2.24) is 0 Å². The SMILES string of the molecule is C=CCC[n+]1c(C)sc2ccccc21. The predicted molar refractivity (Wildman–Crippen MR) is 61.6 cm³/mol. The fourth-order valence-corrected chi connectivity index (χ4v) is 2.70. The molecule has 0 radical (unpaired) electrons. The van der Waals surface area contributed by atoms with Gasteiger partial charge < -0.3 is 0 Å². The third kappa shape index (κ3) is 1.58. The zero-order valence-corrected chi connectivity index (χ0v) is 9.18. The van der Waals surface area contributed by atoms with Gasteiger partial charge in [0.1, 0.15) is 4.70 Å². The number of fused-ring (bicyclic) bond motifs is 1. The summed E-state index contributed by atoms with van der Waals surface area (Å²) in [6.45, 7) is 6.98. The van der Waals surface area contributed by atoms with Crippen molar-refractivity contribution in [2.24, 2.45) is 0 Å². The standard InChI is InChI=1S/C12H14NS/c1-3-4-9-13-10(2)14-12-8-6-5-7-11(12)13/h3,5-8H,1,4,9H2,2H3/q+1. The summed E-state index contributed by atoms with van der Waals surface area (Å²) < 4.78 is 3.73. The molecule has 0 N–H and O–H groups in total. The number of allylic oxidation sites excluding steroid dienone is 1. The summed E-state index contributed by atoms with van der Waals surface area (Å²) >= 11 is 1.86. The summed E-state index contributed by atoms with van der Waals surface area (Å²) in [4.78, 5) is 0. The number of para-hydroxylation sites is 1. The van der Waals surface area contributed by atoms with E-state index in [1.165, 1.54) is 15.2 Å². The number of aromatic nitrogens is 1. The maximum absolute atomic E-state index is 3.76. The Morgan fingerprint density at radius 1 is 1.43 bits per heavy atom. The second kappa shape index (κ2) is 3.93. The van der Waals surface area contributed by atoms with Gasteiger partial charge in [0, 0.05) is 19.4 Å². The molecule has 0 atom stereocenters. The van der Waals surface area contributed by atoms with Gasteiger partial charge in [-0.1, -0.05) is 29.5 Å². The van der Waals surface area contributed by atoms with Crippen LogP contribution in [0.15, 0.2) is 36.9 Å². The second-order valence-electron chi connectivity index (χ2n) is 3.32. The van der Waals surface area contributed by atoms with Crippen LogP contribution in [-0.4, -0.2) is 0 Å². The van der Waals surface area contributed by atoms with Gasteiger partial charge >= 0.3 is 0 Å². The van der Waals surface area contributed by atoms with E-state index in [0.717, 1.165) is 13.0 Å². The van der Waals surface area contributed by atoms with Crippen molar-refractivity contribution >= 4 is 21.6 Å². The first-order valence-corrected chi connectivity index (χ1v) is 5.63. The van der Waals surface area contributed by atoms with Crippen LogP contribution in [0.3, 0.4) is 0 Å². The van der Waals surface area contributed by atoms with Crippen LogP contribution < -0.4 is 4.57 Å². The van der Waals surface area contributed by atoms with Gasteiger partial charge in [-0.15, -0.1) is 6.58 Å². The highest BCUT2D eigenvalue weighted by atomic mass is 32.1. The maximum atomic E-state index is 3.76. The Bertz CT molecular complexity index is 456. The van der Waals surface area contributed by atoms with E-state index in [-0.39, 0.29) is 0 Å². The molecular formula is C12H14NS+. The van der Waals surface area contributed by atoms with Crippen LogP contribution in [0.1, 0.15) is 11.4 Å². The summed E-state index contributed by atoms with van der Waals surface area (Å²) in [6.07, 6.45) is 3.01. The van der Waals surface area contributed by atoms with Gasteiger partial charge in [0.2, 0.25) is 10.5 Å². The van der Waals surface area contributed by atoms with E-state index in [0.29, 0.717) is 0 Å². The van der Waals surface area contributed by atoms with Crippen LogP contribution in [0.5, 0.6) is 0 Å².